The van der Waals surface area contributed by atoms with Crippen molar-refractivity contribution in [2.24, 2.45) is 7.05 Å². The van der Waals surface area contributed by atoms with E-state index in [0.717, 1.165) is 4.90 Å². The lowest BCUT2D eigenvalue weighted by Gasteiger charge is -2.15. The van der Waals surface area contributed by atoms with Gasteiger partial charge in [-0.05, 0) is 37.3 Å². The van der Waals surface area contributed by atoms with Crippen molar-refractivity contribution in [1.29, 1.82) is 0 Å². The fourth-order valence-corrected chi connectivity index (χ4v) is 3.13. The number of hydrogen-bond donors (Lipinski definition) is 1. The minimum atomic E-state index is -0.392. The fraction of sp³-hybridized carbons (Fsp3) is 0.100. The Morgan fingerprint density at radius 1 is 1.00 bits per heavy atom. The van der Waals surface area contributed by atoms with E-state index in [0.29, 0.717) is 33.8 Å². The number of nitrogens with zero attached hydrogens (tertiary/aromatic N) is 3. The Bertz CT molecular complexity index is 1070. The third-order valence-corrected chi connectivity index (χ3v) is 4.42. The van der Waals surface area contributed by atoms with E-state index in [2.05, 4.69) is 10.4 Å². The average molecular weight is 360 g/mol. The van der Waals surface area contributed by atoms with E-state index in [9.17, 15) is 14.4 Å². The van der Waals surface area contributed by atoms with Crippen molar-refractivity contribution in [3.05, 3.63) is 77.1 Å². The molecule has 1 aliphatic rings. The quantitative estimate of drug-likeness (QED) is 0.728. The highest BCUT2D eigenvalue weighted by atomic mass is 16.2. The standard InChI is InChI=1S/C20H16N4O3/c1-12-17(11-23(2)22-12)21-18(25)13-6-5-7-14(10-13)24-19(26)15-8-3-4-9-16(15)20(24)27/h3-11H,1-2H3,(H,21,25). The first kappa shape index (κ1) is 16.7. The van der Waals surface area contributed by atoms with Crippen molar-refractivity contribution in [3.63, 3.8) is 0 Å². The molecular formula is C20H16N4O3. The maximum Gasteiger partial charge on any atom is 0.266 e. The molecule has 0 unspecified atom stereocenters. The zero-order valence-corrected chi connectivity index (χ0v) is 14.8. The number of nitrogens with one attached hydrogen (secondary N) is 1. The minimum Gasteiger partial charge on any atom is -0.319 e. The van der Waals surface area contributed by atoms with E-state index in [-0.39, 0.29) is 5.91 Å². The monoisotopic (exact) mass is 360 g/mol. The zero-order valence-electron chi connectivity index (χ0n) is 14.8. The van der Waals surface area contributed by atoms with Crippen molar-refractivity contribution in [2.45, 2.75) is 6.92 Å². The summed E-state index contributed by atoms with van der Waals surface area (Å²) >= 11 is 0. The van der Waals surface area contributed by atoms with Gasteiger partial charge in [0.2, 0.25) is 0 Å². The molecular weight excluding hydrogens is 344 g/mol. The summed E-state index contributed by atoms with van der Waals surface area (Å²) in [5.74, 6) is -1.13. The summed E-state index contributed by atoms with van der Waals surface area (Å²) in [5.41, 5.74) is 2.73. The molecule has 1 N–H and O–H groups in total. The highest BCUT2D eigenvalue weighted by molar-refractivity contribution is 6.34. The van der Waals surface area contributed by atoms with Crippen LogP contribution < -0.4 is 10.2 Å². The predicted octanol–water partition coefficient (Wildman–Crippen LogP) is 2.78. The van der Waals surface area contributed by atoms with Gasteiger partial charge in [0.05, 0.1) is 28.2 Å². The van der Waals surface area contributed by atoms with Crippen molar-refractivity contribution in [1.82, 2.24) is 9.78 Å². The second-order valence-electron chi connectivity index (χ2n) is 6.30. The lowest BCUT2D eigenvalue weighted by Crippen LogP contribution is -2.29. The summed E-state index contributed by atoms with van der Waals surface area (Å²) in [6.45, 7) is 1.80. The van der Waals surface area contributed by atoms with Crippen molar-refractivity contribution in [2.75, 3.05) is 10.2 Å². The van der Waals surface area contributed by atoms with Gasteiger partial charge in [-0.1, -0.05) is 18.2 Å². The molecule has 3 amide bonds. The second kappa shape index (κ2) is 6.21. The van der Waals surface area contributed by atoms with Crippen LogP contribution in [-0.2, 0) is 7.05 Å². The van der Waals surface area contributed by atoms with Gasteiger partial charge in [0.25, 0.3) is 17.7 Å². The molecule has 0 spiro atoms. The third-order valence-electron chi connectivity index (χ3n) is 4.42. The summed E-state index contributed by atoms with van der Waals surface area (Å²) in [7, 11) is 1.77. The van der Waals surface area contributed by atoms with Crippen LogP contribution in [0.1, 0.15) is 36.8 Å². The smallest absolute Gasteiger partial charge is 0.266 e. The van der Waals surface area contributed by atoms with Gasteiger partial charge < -0.3 is 5.32 Å². The maximum absolute atomic E-state index is 12.6. The molecule has 4 rings (SSSR count). The van der Waals surface area contributed by atoms with Gasteiger partial charge in [0, 0.05) is 18.8 Å². The Balaban J connectivity index is 1.64. The van der Waals surface area contributed by atoms with E-state index < -0.39 is 11.8 Å². The van der Waals surface area contributed by atoms with Crippen LogP contribution in [-0.4, -0.2) is 27.5 Å². The van der Waals surface area contributed by atoms with E-state index >= 15 is 0 Å². The number of aryl methyl sites for hydroxylation is 2. The van der Waals surface area contributed by atoms with Crippen LogP contribution in [0.5, 0.6) is 0 Å². The van der Waals surface area contributed by atoms with E-state index in [1.807, 2.05) is 0 Å². The van der Waals surface area contributed by atoms with Gasteiger partial charge >= 0.3 is 0 Å². The number of fused-ring (bicyclic) bond motifs is 1. The Labute approximate surface area is 155 Å². The van der Waals surface area contributed by atoms with Crippen molar-refractivity contribution in [3.8, 4) is 0 Å². The molecule has 0 bridgehead atoms. The molecule has 7 nitrogen and oxygen atoms in total. The number of carbonyl (C=O) groups is 3. The summed E-state index contributed by atoms with van der Waals surface area (Å²) < 4.78 is 1.61. The highest BCUT2D eigenvalue weighted by Gasteiger charge is 2.36. The molecule has 0 atom stereocenters. The van der Waals surface area contributed by atoms with Crippen molar-refractivity contribution < 1.29 is 14.4 Å². The number of hydrogen-bond acceptors (Lipinski definition) is 4. The number of aromatic nitrogens is 2. The summed E-state index contributed by atoms with van der Waals surface area (Å²) in [6.07, 6.45) is 1.71. The number of carbonyl (C=O) groups excluding carboxylic acids is 3. The number of benzene rings is 2. The minimum absolute atomic E-state index is 0.340. The molecule has 0 saturated heterocycles. The van der Waals surface area contributed by atoms with Gasteiger partial charge in [-0.25, -0.2) is 4.90 Å². The Kier molecular flexibility index (Phi) is 3.84. The zero-order chi connectivity index (χ0) is 19.1. The van der Waals surface area contributed by atoms with E-state index in [1.165, 1.54) is 6.07 Å². The van der Waals surface area contributed by atoms with E-state index in [4.69, 9.17) is 0 Å². The third kappa shape index (κ3) is 2.79. The van der Waals surface area contributed by atoms with Crippen molar-refractivity contribution >= 4 is 29.1 Å². The Morgan fingerprint density at radius 2 is 1.67 bits per heavy atom. The largest absolute Gasteiger partial charge is 0.319 e. The van der Waals surface area contributed by atoms with Gasteiger partial charge in [0.1, 0.15) is 0 Å². The molecule has 7 heteroatoms. The Hall–Kier alpha value is -3.74. The van der Waals surface area contributed by atoms with Crippen LogP contribution in [0, 0.1) is 6.92 Å². The SMILES string of the molecule is Cc1nn(C)cc1NC(=O)c1cccc(N2C(=O)c3ccccc3C2=O)c1. The van der Waals surface area contributed by atoms with Crippen LogP contribution in [0.3, 0.4) is 0 Å². The van der Waals surface area contributed by atoms with Crippen LogP contribution in [0.4, 0.5) is 11.4 Å². The first-order valence-electron chi connectivity index (χ1n) is 8.35. The van der Waals surface area contributed by atoms with Crippen LogP contribution in [0.2, 0.25) is 0 Å². The number of imide groups is 1. The van der Waals surface area contributed by atoms with Crippen LogP contribution in [0.25, 0.3) is 0 Å². The summed E-state index contributed by atoms with van der Waals surface area (Å²) in [4.78, 5) is 38.9. The molecule has 134 valence electrons. The van der Waals surface area contributed by atoms with Gasteiger partial charge in [0.15, 0.2) is 0 Å². The lowest BCUT2D eigenvalue weighted by atomic mass is 10.1. The second-order valence-corrected chi connectivity index (χ2v) is 6.30. The molecule has 0 fully saturated rings. The fourth-order valence-electron chi connectivity index (χ4n) is 3.13. The average Bonchev–Trinajstić information content (AvgIpc) is 3.11. The molecule has 0 saturated carbocycles. The Morgan fingerprint density at radius 3 is 2.26 bits per heavy atom. The molecule has 2 aromatic carbocycles. The highest BCUT2D eigenvalue weighted by Crippen LogP contribution is 2.29. The predicted molar refractivity (Wildman–Crippen MR) is 99.9 cm³/mol. The normalized spacial score (nSPS) is 13.0. The van der Waals surface area contributed by atoms with Crippen LogP contribution in [0.15, 0.2) is 54.7 Å². The van der Waals surface area contributed by atoms with Gasteiger partial charge in [-0.3, -0.25) is 19.1 Å². The molecule has 0 radical (unpaired) electrons. The van der Waals surface area contributed by atoms with Gasteiger partial charge in [-0.15, -0.1) is 0 Å². The van der Waals surface area contributed by atoms with Crippen LogP contribution >= 0.6 is 0 Å². The number of rotatable bonds is 3. The molecule has 0 aliphatic carbocycles. The summed E-state index contributed by atoms with van der Waals surface area (Å²) in [5, 5.41) is 6.98. The lowest BCUT2D eigenvalue weighted by molar-refractivity contribution is 0.0924. The number of anilines is 2. The maximum atomic E-state index is 12.6. The molecule has 27 heavy (non-hydrogen) atoms. The van der Waals surface area contributed by atoms with E-state index in [1.54, 1.807) is 67.3 Å². The number of amides is 3. The molecule has 1 aromatic heterocycles. The summed E-state index contributed by atoms with van der Waals surface area (Å²) in [6, 6.07) is 13.1. The topological polar surface area (TPSA) is 84.3 Å². The first-order chi connectivity index (χ1) is 13.0. The molecule has 1 aliphatic heterocycles. The first-order valence-corrected chi connectivity index (χ1v) is 8.35. The molecule has 2 heterocycles. The van der Waals surface area contributed by atoms with Gasteiger partial charge in [-0.2, -0.15) is 5.10 Å². The molecule has 3 aromatic rings.